The van der Waals surface area contributed by atoms with Gasteiger partial charge in [0.15, 0.2) is 0 Å². The first kappa shape index (κ1) is 14.7. The van der Waals surface area contributed by atoms with Gasteiger partial charge in [-0.25, -0.2) is 4.68 Å². The molecule has 1 aromatic heterocycles. The first-order valence-corrected chi connectivity index (χ1v) is 5.79. The third-order valence-electron chi connectivity index (χ3n) is 2.98. The first-order valence-electron chi connectivity index (χ1n) is 5.79. The largest absolute Gasteiger partial charge is 0.343 e. The summed E-state index contributed by atoms with van der Waals surface area (Å²) < 4.78 is 0.996. The van der Waals surface area contributed by atoms with Crippen LogP contribution in [-0.2, 0) is 11.3 Å². The number of rotatable bonds is 4. The van der Waals surface area contributed by atoms with Crippen LogP contribution in [-0.4, -0.2) is 34.2 Å². The second-order valence-corrected chi connectivity index (χ2v) is 4.31. The van der Waals surface area contributed by atoms with Crippen molar-refractivity contribution in [2.45, 2.75) is 26.8 Å². The summed E-state index contributed by atoms with van der Waals surface area (Å²) in [5, 5.41) is 10.8. The van der Waals surface area contributed by atoms with Gasteiger partial charge in [-0.2, -0.15) is 5.26 Å². The number of carbonyl (C=O) groups excluding carboxylic acids is 1. The monoisotopic (exact) mass is 264 g/mol. The number of aromatic nitrogens is 2. The highest BCUT2D eigenvalue weighted by molar-refractivity contribution is 5.75. The highest BCUT2D eigenvalue weighted by atomic mass is 16.2. The van der Waals surface area contributed by atoms with Gasteiger partial charge in [0.1, 0.15) is 6.54 Å². The Morgan fingerprint density at radius 3 is 2.58 bits per heavy atom. The fourth-order valence-electron chi connectivity index (χ4n) is 1.50. The molecule has 1 amide bonds. The lowest BCUT2D eigenvalue weighted by Gasteiger charge is -2.16. The first-order chi connectivity index (χ1) is 8.88. The Kier molecular flexibility index (Phi) is 4.64. The van der Waals surface area contributed by atoms with E-state index in [0.717, 1.165) is 4.68 Å². The molecule has 0 bridgehead atoms. The van der Waals surface area contributed by atoms with Crippen LogP contribution >= 0.6 is 0 Å². The van der Waals surface area contributed by atoms with E-state index in [1.54, 1.807) is 20.9 Å². The molecule has 0 fully saturated rings. The summed E-state index contributed by atoms with van der Waals surface area (Å²) >= 11 is 0. The third kappa shape index (κ3) is 3.31. The maximum absolute atomic E-state index is 11.9. The molecule has 0 saturated heterocycles. The van der Waals surface area contributed by atoms with Crippen molar-refractivity contribution in [3.63, 3.8) is 0 Å². The van der Waals surface area contributed by atoms with E-state index < -0.39 is 0 Å². The Hall–Kier alpha value is -2.36. The lowest BCUT2D eigenvalue weighted by molar-refractivity contribution is -0.130. The molecular weight excluding hydrogens is 248 g/mol. The number of H-pyrrole nitrogens is 1. The van der Waals surface area contributed by atoms with Crippen LogP contribution < -0.4 is 11.1 Å². The molecule has 19 heavy (non-hydrogen) atoms. The normalized spacial score (nSPS) is 10.0. The van der Waals surface area contributed by atoms with E-state index in [9.17, 15) is 14.4 Å². The molecule has 1 rings (SSSR count). The van der Waals surface area contributed by atoms with Crippen LogP contribution in [0.15, 0.2) is 9.59 Å². The number of amides is 1. The Bertz CT molecular complexity index is 636. The highest BCUT2D eigenvalue weighted by Gasteiger charge is 2.13. The fraction of sp³-hybridized carbons (Fsp3) is 0.500. The predicted octanol–water partition coefficient (Wildman–Crippen LogP) is -0.474. The SMILES string of the molecule is Cc1c(C)c(=O)n(CC(=O)N(C)CCC#N)[nH]c1=O. The summed E-state index contributed by atoms with van der Waals surface area (Å²) in [6, 6.07) is 1.93. The van der Waals surface area contributed by atoms with Gasteiger partial charge in [0.2, 0.25) is 5.91 Å². The molecular formula is C12H16N4O3. The van der Waals surface area contributed by atoms with Crippen LogP contribution in [0.1, 0.15) is 17.5 Å². The topological polar surface area (TPSA) is 99.0 Å². The maximum atomic E-state index is 11.9. The van der Waals surface area contributed by atoms with Crippen molar-refractivity contribution in [1.29, 1.82) is 5.26 Å². The lowest BCUT2D eigenvalue weighted by atomic mass is 10.2. The highest BCUT2D eigenvalue weighted by Crippen LogP contribution is 1.93. The number of nitrogens with one attached hydrogen (secondary N) is 1. The van der Waals surface area contributed by atoms with Gasteiger partial charge in [0, 0.05) is 24.7 Å². The van der Waals surface area contributed by atoms with Crippen LogP contribution in [0.2, 0.25) is 0 Å². The molecule has 0 unspecified atom stereocenters. The van der Waals surface area contributed by atoms with Crippen molar-refractivity contribution in [2.24, 2.45) is 0 Å². The number of carbonyl (C=O) groups is 1. The van der Waals surface area contributed by atoms with E-state index in [1.165, 1.54) is 4.90 Å². The second kappa shape index (κ2) is 6.00. The molecule has 102 valence electrons. The smallest absolute Gasteiger partial charge is 0.268 e. The van der Waals surface area contributed by atoms with Crippen LogP contribution in [0.3, 0.4) is 0 Å². The molecule has 0 atom stereocenters. The fourth-order valence-corrected chi connectivity index (χ4v) is 1.50. The van der Waals surface area contributed by atoms with Crippen LogP contribution in [0.25, 0.3) is 0 Å². The van der Waals surface area contributed by atoms with Gasteiger partial charge in [-0.15, -0.1) is 0 Å². The molecule has 0 saturated carbocycles. The molecule has 7 heteroatoms. The van der Waals surface area contributed by atoms with Crippen molar-refractivity contribution in [1.82, 2.24) is 14.7 Å². The van der Waals surface area contributed by atoms with Gasteiger partial charge in [0.25, 0.3) is 11.1 Å². The van der Waals surface area contributed by atoms with E-state index in [0.29, 0.717) is 17.7 Å². The van der Waals surface area contributed by atoms with E-state index in [-0.39, 0.29) is 30.0 Å². The molecule has 7 nitrogen and oxygen atoms in total. The van der Waals surface area contributed by atoms with Crippen molar-refractivity contribution in [2.75, 3.05) is 13.6 Å². The number of nitriles is 1. The number of likely N-dealkylation sites (N-methyl/N-ethyl adjacent to an activating group) is 1. The summed E-state index contributed by atoms with van der Waals surface area (Å²) in [7, 11) is 1.55. The minimum atomic E-state index is -0.390. The summed E-state index contributed by atoms with van der Waals surface area (Å²) in [6.45, 7) is 3.16. The van der Waals surface area contributed by atoms with Gasteiger partial charge in [-0.1, -0.05) is 0 Å². The minimum absolute atomic E-state index is 0.223. The Morgan fingerprint density at radius 1 is 1.37 bits per heavy atom. The second-order valence-electron chi connectivity index (χ2n) is 4.31. The molecule has 1 N–H and O–H groups in total. The summed E-state index contributed by atoms with van der Waals surface area (Å²) in [5.74, 6) is -0.337. The Morgan fingerprint density at radius 2 is 2.00 bits per heavy atom. The van der Waals surface area contributed by atoms with Gasteiger partial charge in [-0.3, -0.25) is 19.5 Å². The minimum Gasteiger partial charge on any atom is -0.343 e. The predicted molar refractivity (Wildman–Crippen MR) is 68.7 cm³/mol. The zero-order chi connectivity index (χ0) is 14.6. The number of hydrogen-bond donors (Lipinski definition) is 1. The molecule has 0 aliphatic carbocycles. The molecule has 1 aromatic rings. The van der Waals surface area contributed by atoms with Gasteiger partial charge >= 0.3 is 0 Å². The van der Waals surface area contributed by atoms with Crippen molar-refractivity contribution in [3.8, 4) is 6.07 Å². The van der Waals surface area contributed by atoms with Crippen molar-refractivity contribution >= 4 is 5.91 Å². The van der Waals surface area contributed by atoms with Gasteiger partial charge < -0.3 is 4.90 Å². The van der Waals surface area contributed by atoms with Gasteiger partial charge in [-0.05, 0) is 13.8 Å². The van der Waals surface area contributed by atoms with Crippen LogP contribution in [0.4, 0.5) is 0 Å². The zero-order valence-electron chi connectivity index (χ0n) is 11.2. The van der Waals surface area contributed by atoms with E-state index in [4.69, 9.17) is 5.26 Å². The summed E-state index contributed by atoms with van der Waals surface area (Å²) in [4.78, 5) is 36.6. The van der Waals surface area contributed by atoms with Gasteiger partial charge in [0.05, 0.1) is 12.5 Å². The molecule has 0 aromatic carbocycles. The molecule has 0 aliphatic rings. The van der Waals surface area contributed by atoms with Crippen molar-refractivity contribution < 1.29 is 4.79 Å². The van der Waals surface area contributed by atoms with E-state index in [1.807, 2.05) is 6.07 Å². The van der Waals surface area contributed by atoms with Crippen LogP contribution in [0.5, 0.6) is 0 Å². The van der Waals surface area contributed by atoms with Crippen molar-refractivity contribution in [3.05, 3.63) is 31.8 Å². The van der Waals surface area contributed by atoms with E-state index in [2.05, 4.69) is 5.10 Å². The quantitative estimate of drug-likeness (QED) is 0.794. The zero-order valence-corrected chi connectivity index (χ0v) is 11.2. The third-order valence-corrected chi connectivity index (χ3v) is 2.98. The Balaban J connectivity index is 2.96. The summed E-state index contributed by atoms with van der Waals surface area (Å²) in [6.07, 6.45) is 0.223. The molecule has 0 spiro atoms. The number of nitrogens with zero attached hydrogens (tertiary/aromatic N) is 3. The Labute approximate surface area is 110 Å². The molecule has 0 aliphatic heterocycles. The average Bonchev–Trinajstić information content (AvgIpc) is 2.39. The lowest BCUT2D eigenvalue weighted by Crippen LogP contribution is -2.39. The number of hydrogen-bond acceptors (Lipinski definition) is 4. The average molecular weight is 264 g/mol. The maximum Gasteiger partial charge on any atom is 0.268 e. The molecule has 1 heterocycles. The number of aromatic amines is 1. The standard InChI is InChI=1S/C12H16N4O3/c1-8-9(2)12(19)16(14-11(8)18)7-10(17)15(3)6-4-5-13/h4,6-7H2,1-3H3,(H,14,18). The molecule has 0 radical (unpaired) electrons. The van der Waals surface area contributed by atoms with Crippen LogP contribution in [0, 0.1) is 25.2 Å². The summed E-state index contributed by atoms with van der Waals surface area (Å²) in [5.41, 5.74) is -0.0912. The van der Waals surface area contributed by atoms with E-state index >= 15 is 0 Å².